The van der Waals surface area contributed by atoms with Crippen molar-refractivity contribution >= 4 is 0 Å². The fourth-order valence-corrected chi connectivity index (χ4v) is 9.74. The number of hydrogen-bond donors (Lipinski definition) is 0. The quantitative estimate of drug-likeness (QED) is 0.0465. The second-order valence-electron chi connectivity index (χ2n) is 19.6. The fraction of sp³-hybridized carbons (Fsp3) is 0.299. The lowest BCUT2D eigenvalue weighted by Gasteiger charge is -2.49. The van der Waals surface area contributed by atoms with Gasteiger partial charge in [0.15, 0.2) is 12.6 Å². The molecule has 79 heavy (non-hydrogen) atoms. The molecule has 1 aromatic heterocycles. The molecule has 2 aliphatic heterocycles. The molecule has 0 unspecified atom stereocenters. The van der Waals surface area contributed by atoms with Gasteiger partial charge in [-0.05, 0) is 51.1 Å². The van der Waals surface area contributed by atoms with E-state index in [0.29, 0.717) is 13.2 Å². The molecule has 2 aliphatic rings. The maximum absolute atomic E-state index is 7.42. The van der Waals surface area contributed by atoms with Crippen molar-refractivity contribution in [1.82, 2.24) is 4.98 Å². The lowest BCUT2D eigenvalue weighted by Crippen LogP contribution is -2.66. The van der Waals surface area contributed by atoms with E-state index in [9.17, 15) is 0 Å². The summed E-state index contributed by atoms with van der Waals surface area (Å²) in [7, 11) is 0. The molecule has 12 heteroatoms. The van der Waals surface area contributed by atoms with Crippen LogP contribution in [-0.4, -0.2) is 79.6 Å². The minimum absolute atomic E-state index is 0.117. The fourth-order valence-electron chi connectivity index (χ4n) is 9.74. The van der Waals surface area contributed by atoms with E-state index in [1.54, 1.807) is 6.20 Å². The van der Waals surface area contributed by atoms with Gasteiger partial charge in [0.25, 0.3) is 0 Å². The van der Waals surface area contributed by atoms with Crippen LogP contribution in [-0.2, 0) is 105 Å². The molecule has 0 saturated carbocycles. The summed E-state index contributed by atoms with van der Waals surface area (Å²) >= 11 is 0. The Labute approximate surface area is 464 Å². The van der Waals surface area contributed by atoms with Crippen molar-refractivity contribution in [2.24, 2.45) is 0 Å². The van der Waals surface area contributed by atoms with Crippen LogP contribution in [0.4, 0.5) is 0 Å². The van der Waals surface area contributed by atoms with Crippen molar-refractivity contribution in [3.63, 3.8) is 0 Å². The maximum atomic E-state index is 7.42. The third-order valence-corrected chi connectivity index (χ3v) is 13.8. The van der Waals surface area contributed by atoms with Crippen LogP contribution in [0.3, 0.4) is 0 Å². The number of pyridine rings is 1. The van der Waals surface area contributed by atoms with E-state index in [1.807, 2.05) is 231 Å². The van der Waals surface area contributed by atoms with Crippen LogP contribution in [0.5, 0.6) is 0 Å². The highest BCUT2D eigenvalue weighted by Crippen LogP contribution is 2.37. The second-order valence-corrected chi connectivity index (χ2v) is 19.6. The normalized spacial score (nSPS) is 23.0. The van der Waals surface area contributed by atoms with E-state index in [0.717, 1.165) is 44.6 Å². The summed E-state index contributed by atoms with van der Waals surface area (Å²) in [5.41, 5.74) is 7.61. The van der Waals surface area contributed by atoms with Crippen molar-refractivity contribution in [1.29, 1.82) is 0 Å². The van der Waals surface area contributed by atoms with Gasteiger partial charge in [-0.15, -0.1) is 0 Å². The van der Waals surface area contributed by atoms with Gasteiger partial charge in [0.05, 0.1) is 71.8 Å². The van der Waals surface area contributed by atoms with Gasteiger partial charge in [-0.1, -0.05) is 218 Å². The van der Waals surface area contributed by atoms with Crippen LogP contribution in [0.2, 0.25) is 0 Å². The highest BCUT2D eigenvalue weighted by atomic mass is 16.8. The molecule has 12 nitrogen and oxygen atoms in total. The second kappa shape index (κ2) is 30.0. The summed E-state index contributed by atoms with van der Waals surface area (Å²) in [4.78, 5) is 4.61. The predicted octanol–water partition coefficient (Wildman–Crippen LogP) is 11.8. The average molecular weight is 1060 g/mol. The van der Waals surface area contributed by atoms with Gasteiger partial charge >= 0.3 is 0 Å². The standard InChI is InChI=1S/C67H69NO11/c1-8-24-50(25-9-1)40-69-48-58-60(71-42-52-28-12-3-13-29-52)62(72-43-53-30-14-4-15-31-53)64(74-45-55-34-18-6-19-35-55)66(77-58)79-67-65(75-46-56-36-20-7-21-37-56)63(73-44-54-32-16-5-17-33-54)61(76-47-57-38-22-23-39-68-57)59(78-67)49-70-41-51-26-10-2-11-27-51/h1-39,58-67H,40-49H2/t58-,59-,60-,61-,62+,63+,64-,65-,66-,67-/m1/s1. The topological polar surface area (TPSA) is 114 Å². The van der Waals surface area contributed by atoms with E-state index in [4.69, 9.17) is 52.1 Å². The molecule has 10 atom stereocenters. The van der Waals surface area contributed by atoms with Gasteiger partial charge in [-0.2, -0.15) is 0 Å². The number of aromatic nitrogens is 1. The molecule has 0 bridgehead atoms. The Morgan fingerprint density at radius 1 is 0.278 bits per heavy atom. The summed E-state index contributed by atoms with van der Waals surface area (Å²) in [6.45, 7) is 2.27. The van der Waals surface area contributed by atoms with Gasteiger partial charge in [0, 0.05) is 6.20 Å². The van der Waals surface area contributed by atoms with Crippen LogP contribution in [0.15, 0.2) is 237 Å². The van der Waals surface area contributed by atoms with Crippen LogP contribution in [0.25, 0.3) is 0 Å². The molecular weight excluding hydrogens is 995 g/mol. The van der Waals surface area contributed by atoms with Gasteiger partial charge in [-0.25, -0.2) is 0 Å². The van der Waals surface area contributed by atoms with E-state index in [-0.39, 0.29) is 52.9 Å². The highest BCUT2D eigenvalue weighted by molar-refractivity contribution is 5.19. The zero-order valence-corrected chi connectivity index (χ0v) is 44.3. The van der Waals surface area contributed by atoms with E-state index < -0.39 is 61.4 Å². The summed E-state index contributed by atoms with van der Waals surface area (Å²) in [6, 6.07) is 76.1. The van der Waals surface area contributed by atoms with Crippen molar-refractivity contribution in [2.45, 2.75) is 114 Å². The average Bonchev–Trinajstić information content (AvgIpc) is 3.56. The number of hydrogen-bond acceptors (Lipinski definition) is 12. The largest absolute Gasteiger partial charge is 0.374 e. The van der Waals surface area contributed by atoms with E-state index in [2.05, 4.69) is 4.98 Å². The monoisotopic (exact) mass is 1060 g/mol. The Hall–Kier alpha value is -6.75. The third-order valence-electron chi connectivity index (χ3n) is 13.8. The highest BCUT2D eigenvalue weighted by Gasteiger charge is 2.54. The first-order chi connectivity index (χ1) is 39.2. The summed E-state index contributed by atoms with van der Waals surface area (Å²) in [5.74, 6) is 0. The minimum Gasteiger partial charge on any atom is -0.374 e. The van der Waals surface area contributed by atoms with E-state index >= 15 is 0 Å². The lowest BCUT2D eigenvalue weighted by molar-refractivity contribution is -0.394. The van der Waals surface area contributed by atoms with Crippen LogP contribution < -0.4 is 0 Å². The SMILES string of the molecule is c1ccc(COC[C@H]2O[C@H](O[C@H]3O[C@H](COCc4ccccc4)[C@@H](OCc4ccccn4)[C@H](OCc4ccccc4)[C@H]3OCc3ccccc3)[C@H](OCc3ccccc3)[C@@H](OCc3ccccc3)[C@@H]2OCc2ccccc2)cc1. The Kier molecular flexibility index (Phi) is 21.1. The lowest BCUT2D eigenvalue weighted by atomic mass is 9.96. The van der Waals surface area contributed by atoms with Crippen LogP contribution in [0, 0.1) is 0 Å². The Morgan fingerprint density at radius 2 is 0.557 bits per heavy atom. The summed E-state index contributed by atoms with van der Waals surface area (Å²) < 4.78 is 77.4. The number of ether oxygens (including phenoxy) is 11. The first kappa shape index (κ1) is 55.6. The molecule has 0 amide bonds. The first-order valence-electron chi connectivity index (χ1n) is 27.2. The predicted molar refractivity (Wildman–Crippen MR) is 299 cm³/mol. The van der Waals surface area contributed by atoms with Gasteiger partial charge in [-0.3, -0.25) is 4.98 Å². The van der Waals surface area contributed by atoms with Crippen molar-refractivity contribution in [3.8, 4) is 0 Å². The molecule has 0 N–H and O–H groups in total. The molecule has 0 aliphatic carbocycles. The molecule has 408 valence electrons. The molecule has 10 rings (SSSR count). The van der Waals surface area contributed by atoms with Gasteiger partial charge in [0.1, 0.15) is 48.8 Å². The molecule has 3 heterocycles. The Morgan fingerprint density at radius 3 is 0.873 bits per heavy atom. The Bertz CT molecular complexity index is 2700. The molecule has 0 radical (unpaired) electrons. The van der Waals surface area contributed by atoms with Crippen molar-refractivity contribution < 1.29 is 52.1 Å². The molecular formula is C67H69NO11. The summed E-state index contributed by atoms with van der Waals surface area (Å²) in [6.07, 6.45) is -6.84. The van der Waals surface area contributed by atoms with E-state index in [1.165, 1.54) is 0 Å². The zero-order chi connectivity index (χ0) is 53.5. The van der Waals surface area contributed by atoms with Crippen molar-refractivity contribution in [3.05, 3.63) is 281 Å². The number of rotatable bonds is 28. The first-order valence-corrected chi connectivity index (χ1v) is 27.2. The summed E-state index contributed by atoms with van der Waals surface area (Å²) in [5, 5.41) is 0. The smallest absolute Gasteiger partial charge is 0.190 e. The van der Waals surface area contributed by atoms with Crippen LogP contribution >= 0.6 is 0 Å². The number of benzene rings is 7. The van der Waals surface area contributed by atoms with Gasteiger partial charge in [0.2, 0.25) is 0 Å². The molecule has 0 spiro atoms. The number of nitrogens with zero attached hydrogens (tertiary/aromatic N) is 1. The van der Waals surface area contributed by atoms with Gasteiger partial charge < -0.3 is 52.1 Å². The zero-order valence-electron chi connectivity index (χ0n) is 44.3. The van der Waals surface area contributed by atoms with Crippen molar-refractivity contribution in [2.75, 3.05) is 13.2 Å². The molecule has 2 fully saturated rings. The third kappa shape index (κ3) is 16.7. The maximum Gasteiger partial charge on any atom is 0.190 e. The molecule has 2 saturated heterocycles. The Balaban J connectivity index is 1.04. The molecule has 8 aromatic rings. The minimum atomic E-state index is -1.15. The van der Waals surface area contributed by atoms with Crippen LogP contribution in [0.1, 0.15) is 44.6 Å². The molecule has 7 aromatic carbocycles.